The van der Waals surface area contributed by atoms with Gasteiger partial charge < -0.3 is 4.74 Å². The number of halogens is 1. The molecule has 2 rings (SSSR count). The number of esters is 1. The summed E-state index contributed by atoms with van der Waals surface area (Å²) in [6.45, 7) is 3.76. The van der Waals surface area contributed by atoms with Gasteiger partial charge in [-0.3, -0.25) is 9.69 Å². The maximum atomic E-state index is 11.7. The Morgan fingerprint density at radius 3 is 2.89 bits per heavy atom. The molecule has 0 N–H and O–H groups in total. The van der Waals surface area contributed by atoms with Crippen LogP contribution in [0.4, 0.5) is 0 Å². The largest absolute Gasteiger partial charge is 0.468 e. The van der Waals surface area contributed by atoms with Crippen molar-refractivity contribution in [2.45, 2.75) is 25.9 Å². The van der Waals surface area contributed by atoms with E-state index in [-0.39, 0.29) is 12.0 Å². The Kier molecular flexibility index (Phi) is 4.25. The Bertz CT molecular complexity index is 436. The maximum Gasteiger partial charge on any atom is 0.323 e. The molecule has 0 spiro atoms. The topological polar surface area (TPSA) is 29.5 Å². The van der Waals surface area contributed by atoms with Crippen molar-refractivity contribution in [1.82, 2.24) is 4.90 Å². The number of carbonyl (C=O) groups excluding carboxylic acids is 1. The second-order valence-corrected chi connectivity index (χ2v) is 5.31. The highest BCUT2D eigenvalue weighted by Gasteiger charge is 2.35. The first-order chi connectivity index (χ1) is 8.61. The van der Waals surface area contributed by atoms with Crippen LogP contribution in [0.5, 0.6) is 0 Å². The summed E-state index contributed by atoms with van der Waals surface area (Å²) in [4.78, 5) is 13.9. The van der Waals surface area contributed by atoms with E-state index in [1.54, 1.807) is 0 Å². The lowest BCUT2D eigenvalue weighted by Crippen LogP contribution is -2.36. The predicted molar refractivity (Wildman–Crippen MR) is 71.4 cm³/mol. The van der Waals surface area contributed by atoms with Crippen molar-refractivity contribution >= 4 is 17.6 Å². The van der Waals surface area contributed by atoms with Crippen LogP contribution in [0.1, 0.15) is 18.9 Å². The van der Waals surface area contributed by atoms with Crippen molar-refractivity contribution in [2.75, 3.05) is 13.7 Å². The fourth-order valence-electron chi connectivity index (χ4n) is 2.53. The monoisotopic (exact) mass is 267 g/mol. The lowest BCUT2D eigenvalue weighted by Gasteiger charge is -2.22. The number of nitrogens with zero attached hydrogens (tertiary/aromatic N) is 1. The van der Waals surface area contributed by atoms with E-state index in [1.165, 1.54) is 7.11 Å². The van der Waals surface area contributed by atoms with E-state index in [0.29, 0.717) is 12.5 Å². The summed E-state index contributed by atoms with van der Waals surface area (Å²) in [7, 11) is 1.44. The van der Waals surface area contributed by atoms with Crippen molar-refractivity contribution in [2.24, 2.45) is 5.92 Å². The molecule has 1 heterocycles. The van der Waals surface area contributed by atoms with Gasteiger partial charge in [-0.15, -0.1) is 0 Å². The fourth-order valence-corrected chi connectivity index (χ4v) is 2.73. The van der Waals surface area contributed by atoms with Crippen molar-refractivity contribution in [3.8, 4) is 0 Å². The van der Waals surface area contributed by atoms with Crippen LogP contribution in [0.2, 0.25) is 5.02 Å². The maximum absolute atomic E-state index is 11.7. The molecule has 18 heavy (non-hydrogen) atoms. The zero-order chi connectivity index (χ0) is 13.1. The first kappa shape index (κ1) is 13.4. The minimum Gasteiger partial charge on any atom is -0.468 e. The Morgan fingerprint density at radius 1 is 1.50 bits per heavy atom. The number of rotatable bonds is 3. The highest BCUT2D eigenvalue weighted by molar-refractivity contribution is 6.31. The van der Waals surface area contributed by atoms with Gasteiger partial charge in [-0.1, -0.05) is 36.7 Å². The summed E-state index contributed by atoms with van der Waals surface area (Å²) >= 11 is 6.16. The molecule has 4 heteroatoms. The van der Waals surface area contributed by atoms with Gasteiger partial charge in [0.25, 0.3) is 0 Å². The molecule has 1 aliphatic heterocycles. The summed E-state index contributed by atoms with van der Waals surface area (Å²) < 4.78 is 4.87. The molecule has 0 radical (unpaired) electrons. The minimum absolute atomic E-state index is 0.138. The van der Waals surface area contributed by atoms with Gasteiger partial charge in [0.05, 0.1) is 7.11 Å². The highest BCUT2D eigenvalue weighted by Crippen LogP contribution is 2.27. The van der Waals surface area contributed by atoms with E-state index in [1.807, 2.05) is 24.3 Å². The van der Waals surface area contributed by atoms with Gasteiger partial charge in [0.15, 0.2) is 0 Å². The molecular weight excluding hydrogens is 250 g/mol. The van der Waals surface area contributed by atoms with Gasteiger partial charge in [0, 0.05) is 18.1 Å². The third-order valence-corrected chi connectivity index (χ3v) is 3.79. The van der Waals surface area contributed by atoms with E-state index in [0.717, 1.165) is 23.6 Å². The van der Waals surface area contributed by atoms with Crippen molar-refractivity contribution in [1.29, 1.82) is 0 Å². The molecule has 1 aromatic carbocycles. The Morgan fingerprint density at radius 2 is 2.22 bits per heavy atom. The Hall–Kier alpha value is -1.06. The number of benzene rings is 1. The van der Waals surface area contributed by atoms with E-state index >= 15 is 0 Å². The lowest BCUT2D eigenvalue weighted by atomic mass is 10.1. The van der Waals surface area contributed by atoms with Crippen LogP contribution < -0.4 is 0 Å². The number of hydrogen-bond acceptors (Lipinski definition) is 3. The second-order valence-electron chi connectivity index (χ2n) is 4.90. The van der Waals surface area contributed by atoms with E-state index in [9.17, 15) is 4.79 Å². The molecule has 1 aliphatic rings. The molecule has 1 saturated heterocycles. The molecule has 0 aromatic heterocycles. The van der Waals surface area contributed by atoms with Crippen molar-refractivity contribution in [3.05, 3.63) is 34.9 Å². The van der Waals surface area contributed by atoms with Gasteiger partial charge in [0.2, 0.25) is 0 Å². The summed E-state index contributed by atoms with van der Waals surface area (Å²) in [5, 5.41) is 0.751. The van der Waals surface area contributed by atoms with E-state index < -0.39 is 0 Å². The average molecular weight is 268 g/mol. The van der Waals surface area contributed by atoms with Gasteiger partial charge >= 0.3 is 5.97 Å². The van der Waals surface area contributed by atoms with Gasteiger partial charge in [0.1, 0.15) is 6.04 Å². The quantitative estimate of drug-likeness (QED) is 0.789. The van der Waals surface area contributed by atoms with Crippen molar-refractivity contribution < 1.29 is 9.53 Å². The van der Waals surface area contributed by atoms with Crippen molar-refractivity contribution in [3.63, 3.8) is 0 Å². The molecule has 0 saturated carbocycles. The number of likely N-dealkylation sites (tertiary alicyclic amines) is 1. The zero-order valence-electron chi connectivity index (χ0n) is 10.7. The second kappa shape index (κ2) is 5.72. The lowest BCUT2D eigenvalue weighted by molar-refractivity contribution is -0.146. The smallest absolute Gasteiger partial charge is 0.323 e. The fraction of sp³-hybridized carbons (Fsp3) is 0.500. The Labute approximate surface area is 113 Å². The normalized spacial score (nSPS) is 24.2. The van der Waals surface area contributed by atoms with Crippen LogP contribution in [0, 0.1) is 5.92 Å². The SMILES string of the molecule is COC(=O)[C@@H]1C[C@@H](C)CN1Cc1ccccc1Cl. The number of hydrogen-bond donors (Lipinski definition) is 0. The molecule has 98 valence electrons. The summed E-state index contributed by atoms with van der Waals surface area (Å²) in [5.74, 6) is 0.364. The standard InChI is InChI=1S/C14H18ClNO2/c1-10-7-13(14(17)18-2)16(8-10)9-11-5-3-4-6-12(11)15/h3-6,10,13H,7-9H2,1-2H3/t10-,13+/m1/s1. The first-order valence-corrected chi connectivity index (χ1v) is 6.55. The van der Waals surface area contributed by atoms with Gasteiger partial charge in [-0.25, -0.2) is 0 Å². The van der Waals surface area contributed by atoms with Gasteiger partial charge in [-0.05, 0) is 24.0 Å². The van der Waals surface area contributed by atoms with Crippen LogP contribution >= 0.6 is 11.6 Å². The molecule has 2 atom stereocenters. The van der Waals surface area contributed by atoms with E-state index in [2.05, 4.69) is 11.8 Å². The molecule has 0 unspecified atom stereocenters. The summed E-state index contributed by atoms with van der Waals surface area (Å²) in [6, 6.07) is 7.62. The van der Waals surface area contributed by atoms with Crippen LogP contribution in [0.15, 0.2) is 24.3 Å². The first-order valence-electron chi connectivity index (χ1n) is 6.17. The predicted octanol–water partition coefficient (Wildman–Crippen LogP) is 2.72. The minimum atomic E-state index is -0.147. The number of carbonyl (C=O) groups is 1. The van der Waals surface area contributed by atoms with Crippen LogP contribution in [-0.4, -0.2) is 30.6 Å². The molecule has 0 bridgehead atoms. The molecule has 1 aromatic rings. The highest BCUT2D eigenvalue weighted by atomic mass is 35.5. The molecule has 1 fully saturated rings. The zero-order valence-corrected chi connectivity index (χ0v) is 11.5. The van der Waals surface area contributed by atoms with Crippen LogP contribution in [-0.2, 0) is 16.1 Å². The summed E-state index contributed by atoms with van der Waals surface area (Å²) in [5.41, 5.74) is 1.06. The van der Waals surface area contributed by atoms with Crippen LogP contribution in [0.25, 0.3) is 0 Å². The van der Waals surface area contributed by atoms with E-state index in [4.69, 9.17) is 16.3 Å². The Balaban J connectivity index is 2.12. The molecule has 0 amide bonds. The summed E-state index contributed by atoms with van der Waals surface area (Å²) in [6.07, 6.45) is 0.858. The average Bonchev–Trinajstić information content (AvgIpc) is 2.72. The molecule has 0 aliphatic carbocycles. The third kappa shape index (κ3) is 2.85. The molecular formula is C14H18ClNO2. The number of methoxy groups -OCH3 is 1. The number of ether oxygens (including phenoxy) is 1. The van der Waals surface area contributed by atoms with Gasteiger partial charge in [-0.2, -0.15) is 0 Å². The third-order valence-electron chi connectivity index (χ3n) is 3.42. The van der Waals surface area contributed by atoms with Crippen LogP contribution in [0.3, 0.4) is 0 Å². The molecule has 3 nitrogen and oxygen atoms in total.